The number of aliphatic hydroxyl groups excluding tert-OH is 2. The molecule has 1 rings (SSSR count). The summed E-state index contributed by atoms with van der Waals surface area (Å²) < 4.78 is 5.50. The third-order valence-electron chi connectivity index (χ3n) is 2.50. The summed E-state index contributed by atoms with van der Waals surface area (Å²) in [5.74, 6) is 0.501. The molecule has 1 amide bonds. The molecule has 0 unspecified atom stereocenters. The van der Waals surface area contributed by atoms with Crippen LogP contribution < -0.4 is 4.74 Å². The van der Waals surface area contributed by atoms with E-state index in [1.54, 1.807) is 24.3 Å². The lowest BCUT2D eigenvalue weighted by atomic mass is 10.2. The highest BCUT2D eigenvalue weighted by Gasteiger charge is 2.14. The van der Waals surface area contributed by atoms with Gasteiger partial charge in [0.25, 0.3) is 5.91 Å². The van der Waals surface area contributed by atoms with Crippen molar-refractivity contribution in [3.8, 4) is 5.75 Å². The fourth-order valence-corrected chi connectivity index (χ4v) is 1.69. The Bertz CT molecular complexity index is 383. The van der Waals surface area contributed by atoms with E-state index in [2.05, 4.69) is 0 Å². The van der Waals surface area contributed by atoms with Crippen molar-refractivity contribution < 1.29 is 19.7 Å². The van der Waals surface area contributed by atoms with E-state index in [1.165, 1.54) is 4.90 Å². The van der Waals surface area contributed by atoms with Crippen LogP contribution in [0, 0.1) is 0 Å². The van der Waals surface area contributed by atoms with Crippen LogP contribution in [0.4, 0.5) is 0 Å². The molecule has 5 heteroatoms. The minimum Gasteiger partial charge on any atom is -0.491 e. The van der Waals surface area contributed by atoms with Gasteiger partial charge in [0.2, 0.25) is 0 Å². The van der Waals surface area contributed by atoms with Gasteiger partial charge in [-0.2, -0.15) is 0 Å². The van der Waals surface area contributed by atoms with E-state index in [4.69, 9.17) is 14.9 Å². The second-order valence-electron chi connectivity index (χ2n) is 4.43. The molecule has 0 fully saturated rings. The lowest BCUT2D eigenvalue weighted by Gasteiger charge is -2.20. The van der Waals surface area contributed by atoms with Crippen LogP contribution in [0.5, 0.6) is 5.75 Å². The van der Waals surface area contributed by atoms with Crippen LogP contribution >= 0.6 is 0 Å². The number of nitrogens with zero attached hydrogens (tertiary/aromatic N) is 1. The second kappa shape index (κ2) is 7.76. The van der Waals surface area contributed by atoms with Crippen molar-refractivity contribution in [2.45, 2.75) is 20.0 Å². The van der Waals surface area contributed by atoms with Gasteiger partial charge in [-0.25, -0.2) is 0 Å². The molecule has 1 aromatic rings. The Kier molecular flexibility index (Phi) is 6.32. The number of hydrogen-bond acceptors (Lipinski definition) is 4. The van der Waals surface area contributed by atoms with E-state index in [0.29, 0.717) is 11.3 Å². The zero-order chi connectivity index (χ0) is 14.3. The lowest BCUT2D eigenvalue weighted by Crippen LogP contribution is -2.35. The van der Waals surface area contributed by atoms with Gasteiger partial charge in [0.1, 0.15) is 5.75 Å². The quantitative estimate of drug-likeness (QED) is 0.770. The molecule has 0 bridgehead atoms. The molecule has 106 valence electrons. The molecule has 5 nitrogen and oxygen atoms in total. The van der Waals surface area contributed by atoms with Crippen LogP contribution in [0.15, 0.2) is 24.3 Å². The molecule has 0 aliphatic carbocycles. The van der Waals surface area contributed by atoms with E-state index in [9.17, 15) is 4.79 Å². The maximum atomic E-state index is 12.1. The van der Waals surface area contributed by atoms with Gasteiger partial charge in [0.15, 0.2) is 0 Å². The van der Waals surface area contributed by atoms with E-state index in [1.807, 2.05) is 13.8 Å². The molecule has 0 spiro atoms. The number of hydrogen-bond donors (Lipinski definition) is 2. The fraction of sp³-hybridized carbons (Fsp3) is 0.500. The first-order valence-electron chi connectivity index (χ1n) is 6.36. The Hall–Kier alpha value is -1.59. The molecule has 0 radical (unpaired) electrons. The summed E-state index contributed by atoms with van der Waals surface area (Å²) in [5.41, 5.74) is 0.512. The van der Waals surface area contributed by atoms with Gasteiger partial charge in [0, 0.05) is 18.7 Å². The molecule has 2 N–H and O–H groups in total. The van der Waals surface area contributed by atoms with Gasteiger partial charge in [-0.3, -0.25) is 4.79 Å². The fourth-order valence-electron chi connectivity index (χ4n) is 1.69. The van der Waals surface area contributed by atoms with Gasteiger partial charge in [-0.15, -0.1) is 0 Å². The molecular weight excluding hydrogens is 246 g/mol. The molecule has 0 aliphatic heterocycles. The normalized spacial score (nSPS) is 10.6. The predicted octanol–water partition coefficient (Wildman–Crippen LogP) is 0.901. The van der Waals surface area contributed by atoms with Crippen LogP contribution in [0.3, 0.4) is 0 Å². The zero-order valence-corrected chi connectivity index (χ0v) is 11.4. The lowest BCUT2D eigenvalue weighted by molar-refractivity contribution is 0.0685. The van der Waals surface area contributed by atoms with Gasteiger partial charge in [-0.05, 0) is 38.1 Å². The van der Waals surface area contributed by atoms with Crippen molar-refractivity contribution in [1.82, 2.24) is 4.90 Å². The molecule has 0 aromatic heterocycles. The minimum atomic E-state index is -0.209. The number of amides is 1. The van der Waals surface area contributed by atoms with Crippen LogP contribution in [0.2, 0.25) is 0 Å². The summed E-state index contributed by atoms with van der Waals surface area (Å²) in [6, 6.07) is 6.84. The Labute approximate surface area is 113 Å². The average Bonchev–Trinajstić information content (AvgIpc) is 2.38. The first-order valence-corrected chi connectivity index (χ1v) is 6.36. The highest BCUT2D eigenvalue weighted by atomic mass is 16.5. The topological polar surface area (TPSA) is 70.0 Å². The molecule has 0 atom stereocenters. The average molecular weight is 267 g/mol. The Morgan fingerprint density at radius 3 is 2.11 bits per heavy atom. The Morgan fingerprint density at radius 2 is 1.68 bits per heavy atom. The summed E-state index contributed by atoms with van der Waals surface area (Å²) in [6.07, 6.45) is 0.0850. The summed E-state index contributed by atoms with van der Waals surface area (Å²) in [4.78, 5) is 13.5. The molecule has 0 aliphatic rings. The third-order valence-corrected chi connectivity index (χ3v) is 2.50. The van der Waals surface area contributed by atoms with Crippen molar-refractivity contribution in [3.63, 3.8) is 0 Å². The maximum Gasteiger partial charge on any atom is 0.254 e. The number of carbonyl (C=O) groups is 1. The first kappa shape index (κ1) is 15.5. The molecule has 0 saturated carbocycles. The van der Waals surface area contributed by atoms with Crippen molar-refractivity contribution in [2.24, 2.45) is 0 Å². The second-order valence-corrected chi connectivity index (χ2v) is 4.43. The standard InChI is InChI=1S/C14H21NO4/c1-11(2)19-13-5-3-12(4-6-13)14(18)15(7-9-16)8-10-17/h3-6,11,16-17H,7-10H2,1-2H3. The van der Waals surface area contributed by atoms with Crippen molar-refractivity contribution in [3.05, 3.63) is 29.8 Å². The molecule has 0 heterocycles. The van der Waals surface area contributed by atoms with E-state index < -0.39 is 0 Å². The van der Waals surface area contributed by atoms with E-state index >= 15 is 0 Å². The Balaban J connectivity index is 2.75. The molecule has 19 heavy (non-hydrogen) atoms. The largest absolute Gasteiger partial charge is 0.491 e. The zero-order valence-electron chi connectivity index (χ0n) is 11.4. The maximum absolute atomic E-state index is 12.1. The van der Waals surface area contributed by atoms with Gasteiger partial charge in [-0.1, -0.05) is 0 Å². The summed E-state index contributed by atoms with van der Waals surface area (Å²) in [7, 11) is 0. The van der Waals surface area contributed by atoms with E-state index in [-0.39, 0.29) is 38.3 Å². The molecule has 1 aromatic carbocycles. The van der Waals surface area contributed by atoms with Crippen molar-refractivity contribution in [2.75, 3.05) is 26.3 Å². The Morgan fingerprint density at radius 1 is 1.16 bits per heavy atom. The highest BCUT2D eigenvalue weighted by molar-refractivity contribution is 5.94. The number of rotatable bonds is 7. The van der Waals surface area contributed by atoms with Crippen molar-refractivity contribution in [1.29, 1.82) is 0 Å². The molecular formula is C14H21NO4. The van der Waals surface area contributed by atoms with Crippen LogP contribution in [0.1, 0.15) is 24.2 Å². The highest BCUT2D eigenvalue weighted by Crippen LogP contribution is 2.15. The summed E-state index contributed by atoms with van der Waals surface area (Å²) in [6.45, 7) is 4.04. The minimum absolute atomic E-state index is 0.0850. The van der Waals surface area contributed by atoms with Gasteiger partial charge < -0.3 is 19.8 Å². The van der Waals surface area contributed by atoms with Gasteiger partial charge >= 0.3 is 0 Å². The number of ether oxygens (including phenoxy) is 1. The predicted molar refractivity (Wildman–Crippen MR) is 72.3 cm³/mol. The third kappa shape index (κ3) is 4.89. The monoisotopic (exact) mass is 267 g/mol. The molecule has 0 saturated heterocycles. The number of aliphatic hydroxyl groups is 2. The van der Waals surface area contributed by atoms with Gasteiger partial charge in [0.05, 0.1) is 19.3 Å². The number of carbonyl (C=O) groups excluding carboxylic acids is 1. The van der Waals surface area contributed by atoms with Crippen LogP contribution in [0.25, 0.3) is 0 Å². The smallest absolute Gasteiger partial charge is 0.254 e. The summed E-state index contributed by atoms with van der Waals surface area (Å²) >= 11 is 0. The summed E-state index contributed by atoms with van der Waals surface area (Å²) in [5, 5.41) is 17.8. The van der Waals surface area contributed by atoms with Crippen molar-refractivity contribution >= 4 is 5.91 Å². The first-order chi connectivity index (χ1) is 9.08. The van der Waals surface area contributed by atoms with Crippen LogP contribution in [-0.2, 0) is 0 Å². The SMILES string of the molecule is CC(C)Oc1ccc(C(=O)N(CCO)CCO)cc1. The number of benzene rings is 1. The van der Waals surface area contributed by atoms with Crippen LogP contribution in [-0.4, -0.2) is 53.4 Å². The van der Waals surface area contributed by atoms with E-state index in [0.717, 1.165) is 0 Å².